The lowest BCUT2D eigenvalue weighted by molar-refractivity contribution is -0.134. The molecule has 1 aliphatic heterocycles. The van der Waals surface area contributed by atoms with E-state index in [4.69, 9.17) is 4.74 Å². The Hall–Kier alpha value is -1.58. The molecule has 0 spiro atoms. The second kappa shape index (κ2) is 8.50. The van der Waals surface area contributed by atoms with Crippen molar-refractivity contribution < 1.29 is 14.3 Å². The molecule has 0 aromatic heterocycles. The molecule has 0 aromatic rings. The molecule has 0 fully saturated rings. The van der Waals surface area contributed by atoms with Gasteiger partial charge in [-0.1, -0.05) is 25.8 Å². The number of methoxy groups -OCH3 is 1. The molecule has 1 atom stereocenters. The van der Waals surface area contributed by atoms with Crippen LogP contribution in [-0.2, 0) is 14.3 Å². The summed E-state index contributed by atoms with van der Waals surface area (Å²) in [6, 6.07) is -0.0839. The van der Waals surface area contributed by atoms with Crippen LogP contribution in [0.25, 0.3) is 0 Å². The van der Waals surface area contributed by atoms with E-state index in [2.05, 4.69) is 22.7 Å². The van der Waals surface area contributed by atoms with Crippen LogP contribution in [0, 0.1) is 0 Å². The van der Waals surface area contributed by atoms with Crippen LogP contribution in [0.2, 0.25) is 0 Å². The van der Waals surface area contributed by atoms with E-state index in [1.807, 2.05) is 6.08 Å². The highest BCUT2D eigenvalue weighted by atomic mass is 16.5. The van der Waals surface area contributed by atoms with Gasteiger partial charge in [0.25, 0.3) is 0 Å². The molecule has 0 unspecified atom stereocenters. The zero-order valence-corrected chi connectivity index (χ0v) is 11.1. The molecule has 0 radical (unpaired) electrons. The molecule has 4 nitrogen and oxygen atoms in total. The summed E-state index contributed by atoms with van der Waals surface area (Å²) in [6.45, 7) is 2.67. The Morgan fingerprint density at radius 1 is 1.56 bits per heavy atom. The summed E-state index contributed by atoms with van der Waals surface area (Å²) in [5.41, 5.74) is 0. The molecule has 0 saturated heterocycles. The summed E-state index contributed by atoms with van der Waals surface area (Å²) in [7, 11) is 1.35. The van der Waals surface area contributed by atoms with E-state index >= 15 is 0 Å². The van der Waals surface area contributed by atoms with Crippen molar-refractivity contribution in [3.05, 3.63) is 24.3 Å². The second-order valence-electron chi connectivity index (χ2n) is 4.13. The monoisotopic (exact) mass is 251 g/mol. The number of rotatable bonds is 7. The van der Waals surface area contributed by atoms with Gasteiger partial charge in [-0.05, 0) is 25.0 Å². The van der Waals surface area contributed by atoms with Crippen LogP contribution in [0.3, 0.4) is 0 Å². The maximum atomic E-state index is 10.9. The zero-order chi connectivity index (χ0) is 13.2. The number of allylic oxidation sites excluding steroid dienone is 1. The van der Waals surface area contributed by atoms with Gasteiger partial charge < -0.3 is 9.47 Å². The van der Waals surface area contributed by atoms with Crippen molar-refractivity contribution in [2.75, 3.05) is 13.7 Å². The standard InChI is InChI=1S/C14H21NO3/c1-3-4-5-6-7-8-13-15-12(11-18-13)9-10-14(16)17-2/h7-10,12H,3-6,11H2,1-2H3/b8-7-,10-9+/t12-/m1/s1. The average molecular weight is 251 g/mol. The van der Waals surface area contributed by atoms with E-state index in [0.29, 0.717) is 12.5 Å². The van der Waals surface area contributed by atoms with Gasteiger partial charge in [0.15, 0.2) is 0 Å². The lowest BCUT2D eigenvalue weighted by Gasteiger charge is -1.95. The molecule has 0 N–H and O–H groups in total. The quantitative estimate of drug-likeness (QED) is 0.397. The van der Waals surface area contributed by atoms with Crippen molar-refractivity contribution in [2.45, 2.75) is 38.6 Å². The molecular formula is C14H21NO3. The summed E-state index contributed by atoms with van der Waals surface area (Å²) < 4.78 is 9.91. The van der Waals surface area contributed by atoms with Crippen LogP contribution >= 0.6 is 0 Å². The molecular weight excluding hydrogens is 230 g/mol. The largest absolute Gasteiger partial charge is 0.475 e. The first-order valence-corrected chi connectivity index (χ1v) is 6.39. The molecule has 0 aromatic carbocycles. The number of hydrogen-bond donors (Lipinski definition) is 0. The molecule has 4 heteroatoms. The van der Waals surface area contributed by atoms with Crippen molar-refractivity contribution in [3.8, 4) is 0 Å². The first-order valence-electron chi connectivity index (χ1n) is 6.39. The van der Waals surface area contributed by atoms with Crippen molar-refractivity contribution in [1.82, 2.24) is 0 Å². The van der Waals surface area contributed by atoms with Gasteiger partial charge in [0.05, 0.1) is 7.11 Å². The number of carbonyl (C=O) groups is 1. The highest BCUT2D eigenvalue weighted by Gasteiger charge is 2.14. The van der Waals surface area contributed by atoms with Crippen LogP contribution in [0.1, 0.15) is 32.6 Å². The average Bonchev–Trinajstić information content (AvgIpc) is 2.83. The number of ether oxygens (including phenoxy) is 2. The Morgan fingerprint density at radius 3 is 3.11 bits per heavy atom. The molecule has 1 rings (SSSR count). The highest BCUT2D eigenvalue weighted by molar-refractivity contribution is 5.89. The predicted octanol–water partition coefficient (Wildman–Crippen LogP) is 2.65. The SMILES string of the molecule is CCCCC/C=C\C1=N[C@H](/C=C/C(=O)OC)CO1. The van der Waals surface area contributed by atoms with Crippen LogP contribution in [0.5, 0.6) is 0 Å². The van der Waals surface area contributed by atoms with Gasteiger partial charge in [0.2, 0.25) is 5.90 Å². The first-order chi connectivity index (χ1) is 8.76. The van der Waals surface area contributed by atoms with E-state index < -0.39 is 0 Å². The Balaban J connectivity index is 2.32. The fraction of sp³-hybridized carbons (Fsp3) is 0.571. The number of aliphatic imine (C=N–C) groups is 1. The first kappa shape index (κ1) is 14.5. The minimum absolute atomic E-state index is 0.0839. The Labute approximate surface area is 108 Å². The van der Waals surface area contributed by atoms with Gasteiger partial charge in [-0.2, -0.15) is 0 Å². The smallest absolute Gasteiger partial charge is 0.330 e. The topological polar surface area (TPSA) is 47.9 Å². The fourth-order valence-corrected chi connectivity index (χ4v) is 1.55. The fourth-order valence-electron chi connectivity index (χ4n) is 1.55. The van der Waals surface area contributed by atoms with Gasteiger partial charge in [-0.25, -0.2) is 9.79 Å². The van der Waals surface area contributed by atoms with Crippen LogP contribution in [0.15, 0.2) is 29.3 Å². The molecule has 0 amide bonds. The number of unbranched alkanes of at least 4 members (excludes halogenated alkanes) is 3. The van der Waals surface area contributed by atoms with Crippen molar-refractivity contribution >= 4 is 11.9 Å². The number of nitrogens with zero attached hydrogens (tertiary/aromatic N) is 1. The number of hydrogen-bond acceptors (Lipinski definition) is 4. The normalized spacial score (nSPS) is 19.2. The third-order valence-electron chi connectivity index (χ3n) is 2.59. The second-order valence-corrected chi connectivity index (χ2v) is 4.13. The van der Waals surface area contributed by atoms with E-state index in [1.165, 1.54) is 32.4 Å². The molecule has 0 aliphatic carbocycles. The van der Waals surface area contributed by atoms with Crippen molar-refractivity contribution in [3.63, 3.8) is 0 Å². The van der Waals surface area contributed by atoms with E-state index in [0.717, 1.165) is 6.42 Å². The van der Waals surface area contributed by atoms with E-state index in [9.17, 15) is 4.79 Å². The van der Waals surface area contributed by atoms with Crippen molar-refractivity contribution in [1.29, 1.82) is 0 Å². The van der Waals surface area contributed by atoms with Gasteiger partial charge in [0, 0.05) is 6.08 Å². The van der Waals surface area contributed by atoms with Crippen LogP contribution < -0.4 is 0 Å². The van der Waals surface area contributed by atoms with Crippen molar-refractivity contribution in [2.24, 2.45) is 4.99 Å². The third-order valence-corrected chi connectivity index (χ3v) is 2.59. The maximum absolute atomic E-state index is 10.9. The minimum atomic E-state index is -0.367. The summed E-state index contributed by atoms with van der Waals surface area (Å²) in [5.74, 6) is 0.278. The molecule has 0 bridgehead atoms. The summed E-state index contributed by atoms with van der Waals surface area (Å²) in [6.07, 6.45) is 11.8. The van der Waals surface area contributed by atoms with Gasteiger partial charge in [-0.15, -0.1) is 0 Å². The number of esters is 1. The molecule has 18 heavy (non-hydrogen) atoms. The Bertz CT molecular complexity index is 345. The van der Waals surface area contributed by atoms with Crippen LogP contribution in [-0.4, -0.2) is 31.6 Å². The molecule has 1 heterocycles. The summed E-state index contributed by atoms with van der Waals surface area (Å²) >= 11 is 0. The summed E-state index contributed by atoms with van der Waals surface area (Å²) in [4.78, 5) is 15.2. The van der Waals surface area contributed by atoms with Gasteiger partial charge in [-0.3, -0.25) is 0 Å². The van der Waals surface area contributed by atoms with E-state index in [-0.39, 0.29) is 12.0 Å². The molecule has 0 saturated carbocycles. The Kier molecular flexibility index (Phi) is 6.84. The lowest BCUT2D eigenvalue weighted by atomic mass is 10.2. The van der Waals surface area contributed by atoms with E-state index in [1.54, 1.807) is 6.08 Å². The maximum Gasteiger partial charge on any atom is 0.330 e. The highest BCUT2D eigenvalue weighted by Crippen LogP contribution is 2.08. The van der Waals surface area contributed by atoms with Crippen LogP contribution in [0.4, 0.5) is 0 Å². The third kappa shape index (κ3) is 5.66. The zero-order valence-electron chi connectivity index (χ0n) is 11.1. The summed E-state index contributed by atoms with van der Waals surface area (Å²) in [5, 5.41) is 0. The lowest BCUT2D eigenvalue weighted by Crippen LogP contribution is -2.03. The number of carbonyl (C=O) groups excluding carboxylic acids is 1. The molecule has 1 aliphatic rings. The predicted molar refractivity (Wildman–Crippen MR) is 71.6 cm³/mol. The minimum Gasteiger partial charge on any atom is -0.475 e. The Morgan fingerprint density at radius 2 is 2.39 bits per heavy atom. The van der Waals surface area contributed by atoms with Gasteiger partial charge >= 0.3 is 5.97 Å². The molecule has 100 valence electrons. The van der Waals surface area contributed by atoms with Gasteiger partial charge in [0.1, 0.15) is 12.6 Å².